The minimum atomic E-state index is -0.207. The summed E-state index contributed by atoms with van der Waals surface area (Å²) in [5.74, 6) is 1.05. The van der Waals surface area contributed by atoms with Gasteiger partial charge in [0.05, 0.1) is 13.2 Å². The lowest BCUT2D eigenvalue weighted by Gasteiger charge is -2.08. The number of hydrogen-bond acceptors (Lipinski definition) is 6. The molecule has 58 heavy (non-hydrogen) atoms. The molecule has 2 aromatic carbocycles. The van der Waals surface area contributed by atoms with E-state index in [0.29, 0.717) is 0 Å². The van der Waals surface area contributed by atoms with Gasteiger partial charge < -0.3 is 30.3 Å². The van der Waals surface area contributed by atoms with E-state index < -0.39 is 0 Å². The van der Waals surface area contributed by atoms with Gasteiger partial charge in [-0.15, -0.1) is 0 Å². The highest BCUT2D eigenvalue weighted by Gasteiger charge is 2.05. The van der Waals surface area contributed by atoms with Crippen LogP contribution in [0.5, 0.6) is 11.5 Å². The maximum atomic E-state index is 11.5. The summed E-state index contributed by atoms with van der Waals surface area (Å²) < 4.78 is 11.1. The van der Waals surface area contributed by atoms with Crippen molar-refractivity contribution in [1.82, 2.24) is 10.6 Å². The standard InChI is InChI=1S/2C25H43NO3/c2*1-2-3-4-5-6-7-8-9-10-11-12-13-14-16-23-17-15-18-24(21-23)29-22-25(28)26-19-20-27/h2*15,17-18,21,27H,2-14,16,19-20,22H2,1H3,(H,26,28). The molecule has 0 aromatic heterocycles. The van der Waals surface area contributed by atoms with Crippen LogP contribution in [-0.2, 0) is 22.4 Å². The Hall–Kier alpha value is -3.10. The van der Waals surface area contributed by atoms with E-state index >= 15 is 0 Å². The lowest BCUT2D eigenvalue weighted by Crippen LogP contribution is -2.31. The van der Waals surface area contributed by atoms with Crippen molar-refractivity contribution in [2.45, 2.75) is 194 Å². The molecule has 0 atom stereocenters. The molecule has 2 rings (SSSR count). The molecule has 0 spiro atoms. The molecule has 0 unspecified atom stereocenters. The first-order chi connectivity index (χ1) is 28.5. The second kappa shape index (κ2) is 40.7. The van der Waals surface area contributed by atoms with Crippen LogP contribution in [0.4, 0.5) is 0 Å². The number of carbonyl (C=O) groups is 2. The fraction of sp³-hybridized carbons (Fsp3) is 0.720. The molecule has 2 amide bonds. The largest absolute Gasteiger partial charge is 0.484 e. The van der Waals surface area contributed by atoms with E-state index in [0.717, 1.165) is 24.3 Å². The highest BCUT2D eigenvalue weighted by atomic mass is 16.5. The Morgan fingerprint density at radius 2 is 0.741 bits per heavy atom. The van der Waals surface area contributed by atoms with E-state index in [2.05, 4.69) is 36.6 Å². The number of amides is 2. The zero-order valence-electron chi connectivity index (χ0n) is 37.2. The first kappa shape index (κ1) is 52.9. The van der Waals surface area contributed by atoms with Gasteiger partial charge in [-0.25, -0.2) is 0 Å². The number of nitrogens with one attached hydrogen (secondary N) is 2. The van der Waals surface area contributed by atoms with Crippen LogP contribution in [0.15, 0.2) is 48.5 Å². The number of hydrogen-bond donors (Lipinski definition) is 4. The van der Waals surface area contributed by atoms with Crippen molar-refractivity contribution in [2.75, 3.05) is 39.5 Å². The van der Waals surface area contributed by atoms with Gasteiger partial charge in [-0.05, 0) is 61.1 Å². The molecule has 0 heterocycles. The number of aliphatic hydroxyl groups is 2. The van der Waals surface area contributed by atoms with Crippen molar-refractivity contribution >= 4 is 11.8 Å². The molecule has 0 fully saturated rings. The summed E-state index contributed by atoms with van der Waals surface area (Å²) in [6.07, 6.45) is 37.8. The van der Waals surface area contributed by atoms with Crippen LogP contribution in [0.2, 0.25) is 0 Å². The van der Waals surface area contributed by atoms with E-state index in [1.165, 1.54) is 178 Å². The van der Waals surface area contributed by atoms with E-state index in [1.54, 1.807) is 0 Å². The number of aryl methyl sites for hydroxylation is 2. The number of rotatable bonds is 38. The minimum absolute atomic E-state index is 0.0117. The summed E-state index contributed by atoms with van der Waals surface area (Å²) in [6.45, 7) is 4.95. The molecule has 0 aliphatic carbocycles. The third kappa shape index (κ3) is 33.8. The quantitative estimate of drug-likeness (QED) is 0.0502. The van der Waals surface area contributed by atoms with Crippen LogP contribution in [0, 0.1) is 0 Å². The van der Waals surface area contributed by atoms with Crippen LogP contribution in [0.1, 0.15) is 192 Å². The Labute approximate surface area is 355 Å². The van der Waals surface area contributed by atoms with Gasteiger partial charge in [0.1, 0.15) is 11.5 Å². The van der Waals surface area contributed by atoms with Gasteiger partial charge in [-0.1, -0.05) is 192 Å². The molecular weight excluding hydrogens is 725 g/mol. The summed E-state index contributed by atoms with van der Waals surface area (Å²) in [5.41, 5.74) is 2.53. The summed E-state index contributed by atoms with van der Waals surface area (Å²) in [5, 5.41) is 22.6. The summed E-state index contributed by atoms with van der Waals surface area (Å²) in [6, 6.07) is 16.0. The van der Waals surface area contributed by atoms with E-state index in [1.807, 2.05) is 36.4 Å². The third-order valence-electron chi connectivity index (χ3n) is 10.5. The maximum Gasteiger partial charge on any atom is 0.258 e. The molecule has 0 bridgehead atoms. The van der Waals surface area contributed by atoms with Crippen molar-refractivity contribution in [3.63, 3.8) is 0 Å². The molecule has 8 nitrogen and oxygen atoms in total. The SMILES string of the molecule is CCCCCCCCCCCCCCCc1cccc(OCC(=O)NCCO)c1.CCCCCCCCCCCCCCCc1cccc(OCC(=O)NCCO)c1. The van der Waals surface area contributed by atoms with Gasteiger partial charge >= 0.3 is 0 Å². The van der Waals surface area contributed by atoms with E-state index in [9.17, 15) is 9.59 Å². The highest BCUT2D eigenvalue weighted by molar-refractivity contribution is 5.77. The molecule has 0 aliphatic heterocycles. The van der Waals surface area contributed by atoms with Gasteiger partial charge in [-0.2, -0.15) is 0 Å². The second-order valence-corrected chi connectivity index (χ2v) is 16.0. The number of ether oxygens (including phenoxy) is 2. The summed E-state index contributed by atoms with van der Waals surface area (Å²) in [7, 11) is 0. The van der Waals surface area contributed by atoms with Crippen molar-refractivity contribution in [3.8, 4) is 11.5 Å². The molecule has 0 aliphatic rings. The van der Waals surface area contributed by atoms with Crippen LogP contribution < -0.4 is 20.1 Å². The lowest BCUT2D eigenvalue weighted by molar-refractivity contribution is -0.124. The predicted molar refractivity (Wildman–Crippen MR) is 243 cm³/mol. The first-order valence-corrected chi connectivity index (χ1v) is 23.7. The van der Waals surface area contributed by atoms with Gasteiger partial charge in [-0.3, -0.25) is 9.59 Å². The molecule has 4 N–H and O–H groups in total. The second-order valence-electron chi connectivity index (χ2n) is 16.0. The monoisotopic (exact) mass is 811 g/mol. The molecule has 0 saturated carbocycles. The summed E-state index contributed by atoms with van der Waals surface area (Å²) >= 11 is 0. The van der Waals surface area contributed by atoms with Crippen LogP contribution in [-0.4, -0.2) is 61.5 Å². The number of benzene rings is 2. The molecule has 0 radical (unpaired) electrons. The van der Waals surface area contributed by atoms with E-state index in [4.69, 9.17) is 19.7 Å². The molecule has 332 valence electrons. The lowest BCUT2D eigenvalue weighted by atomic mass is 10.0. The average Bonchev–Trinajstić information content (AvgIpc) is 3.24. The molecular formula is C50H86N2O6. The third-order valence-corrected chi connectivity index (χ3v) is 10.5. The molecule has 8 heteroatoms. The van der Waals surface area contributed by atoms with Gasteiger partial charge in [0.2, 0.25) is 0 Å². The number of carbonyl (C=O) groups excluding carboxylic acids is 2. The smallest absolute Gasteiger partial charge is 0.258 e. The zero-order chi connectivity index (χ0) is 42.0. The zero-order valence-corrected chi connectivity index (χ0v) is 37.2. The normalized spacial score (nSPS) is 10.8. The fourth-order valence-corrected chi connectivity index (χ4v) is 7.07. The first-order valence-electron chi connectivity index (χ1n) is 23.7. The Bertz CT molecular complexity index is 1130. The molecule has 2 aromatic rings. The van der Waals surface area contributed by atoms with Crippen LogP contribution in [0.25, 0.3) is 0 Å². The topological polar surface area (TPSA) is 117 Å². The van der Waals surface area contributed by atoms with E-state index in [-0.39, 0.29) is 51.3 Å². The summed E-state index contributed by atoms with van der Waals surface area (Å²) in [4.78, 5) is 23.0. The Balaban J connectivity index is 0.000000580. The Morgan fingerprint density at radius 3 is 1.03 bits per heavy atom. The Kier molecular flexibility index (Phi) is 37.1. The maximum absolute atomic E-state index is 11.5. The minimum Gasteiger partial charge on any atom is -0.484 e. The number of aliphatic hydroxyl groups excluding tert-OH is 2. The van der Waals surface area contributed by atoms with Gasteiger partial charge in [0, 0.05) is 13.1 Å². The Morgan fingerprint density at radius 1 is 0.448 bits per heavy atom. The van der Waals surface area contributed by atoms with Crippen LogP contribution in [0.3, 0.4) is 0 Å². The fourth-order valence-electron chi connectivity index (χ4n) is 7.07. The predicted octanol–water partition coefficient (Wildman–Crippen LogP) is 11.6. The van der Waals surface area contributed by atoms with Crippen molar-refractivity contribution in [2.24, 2.45) is 0 Å². The molecule has 0 saturated heterocycles. The van der Waals surface area contributed by atoms with Crippen molar-refractivity contribution in [3.05, 3.63) is 59.7 Å². The van der Waals surface area contributed by atoms with Crippen molar-refractivity contribution in [1.29, 1.82) is 0 Å². The van der Waals surface area contributed by atoms with Crippen molar-refractivity contribution < 1.29 is 29.3 Å². The van der Waals surface area contributed by atoms with Crippen LogP contribution >= 0.6 is 0 Å². The van der Waals surface area contributed by atoms with Gasteiger partial charge in [0.15, 0.2) is 13.2 Å². The number of unbranched alkanes of at least 4 members (excludes halogenated alkanes) is 24. The highest BCUT2D eigenvalue weighted by Crippen LogP contribution is 2.19. The van der Waals surface area contributed by atoms with Gasteiger partial charge in [0.25, 0.3) is 11.8 Å². The average molecular weight is 811 g/mol.